The van der Waals surface area contributed by atoms with Gasteiger partial charge in [0, 0.05) is 26.2 Å². The summed E-state index contributed by atoms with van der Waals surface area (Å²) in [7, 11) is -3.90. The Morgan fingerprint density at radius 2 is 1.44 bits per heavy atom. The van der Waals surface area contributed by atoms with Crippen molar-refractivity contribution in [3.8, 4) is 0 Å². The quantitative estimate of drug-likeness (QED) is 0.439. The second-order valence-electron chi connectivity index (χ2n) is 3.65. The van der Waals surface area contributed by atoms with E-state index >= 15 is 0 Å². The van der Waals surface area contributed by atoms with Crippen molar-refractivity contribution in [2.75, 3.05) is 32.8 Å². The maximum Gasteiger partial charge on any atom is 0.454 e. The molecule has 0 rings (SSSR count). The molecule has 108 valence electrons. The molecule has 0 spiro atoms. The fraction of sp³-hybridized carbons (Fsp3) is 0.909. The van der Waals surface area contributed by atoms with Crippen LogP contribution in [0.5, 0.6) is 0 Å². The first-order valence-electron chi connectivity index (χ1n) is 6.53. The molecule has 0 saturated carbocycles. The van der Waals surface area contributed by atoms with E-state index in [1.54, 1.807) is 6.92 Å². The molecule has 1 N–H and O–H groups in total. The van der Waals surface area contributed by atoms with E-state index < -0.39 is 7.75 Å². The zero-order valence-corrected chi connectivity index (χ0v) is 13.0. The molecule has 0 bridgehead atoms. The van der Waals surface area contributed by atoms with Crippen LogP contribution in [0, 0.1) is 0 Å². The standard InChI is InChI=1S/C11H26N3O3P/c1-6-13(7-2)11(14(8-3)9-4)12-18(15,16)17-10-5/h6-10H2,1-5H3,(H,15,16). The Hall–Kier alpha value is -0.580. The van der Waals surface area contributed by atoms with Gasteiger partial charge in [0.1, 0.15) is 0 Å². The number of hydrogen-bond acceptors (Lipinski definition) is 2. The highest BCUT2D eigenvalue weighted by Crippen LogP contribution is 2.43. The highest BCUT2D eigenvalue weighted by atomic mass is 31.2. The molecule has 0 aliphatic heterocycles. The highest BCUT2D eigenvalue weighted by Gasteiger charge is 2.23. The predicted octanol–water partition coefficient (Wildman–Crippen LogP) is 2.16. The fourth-order valence-electron chi connectivity index (χ4n) is 1.65. The van der Waals surface area contributed by atoms with Gasteiger partial charge in [0.15, 0.2) is 0 Å². The van der Waals surface area contributed by atoms with Crippen molar-refractivity contribution in [3.63, 3.8) is 0 Å². The number of hydrogen-bond donors (Lipinski definition) is 1. The van der Waals surface area contributed by atoms with Crippen molar-refractivity contribution in [3.05, 3.63) is 0 Å². The van der Waals surface area contributed by atoms with Gasteiger partial charge in [-0.2, -0.15) is 0 Å². The smallest absolute Gasteiger partial charge is 0.343 e. The second-order valence-corrected chi connectivity index (χ2v) is 5.09. The number of rotatable bonds is 7. The van der Waals surface area contributed by atoms with Gasteiger partial charge in [-0.25, -0.2) is 4.57 Å². The Labute approximate surface area is 110 Å². The normalized spacial score (nSPS) is 13.9. The Bertz CT molecular complexity index is 288. The lowest BCUT2D eigenvalue weighted by molar-refractivity contribution is 0.271. The Morgan fingerprint density at radius 1 is 1.06 bits per heavy atom. The van der Waals surface area contributed by atoms with Crippen LogP contribution in [0.15, 0.2) is 4.76 Å². The summed E-state index contributed by atoms with van der Waals surface area (Å²) < 4.78 is 20.5. The van der Waals surface area contributed by atoms with Crippen molar-refractivity contribution in [1.82, 2.24) is 9.80 Å². The summed E-state index contributed by atoms with van der Waals surface area (Å²) in [6.45, 7) is 12.7. The van der Waals surface area contributed by atoms with E-state index in [-0.39, 0.29) is 6.61 Å². The average molecular weight is 279 g/mol. The lowest BCUT2D eigenvalue weighted by atomic mass is 10.4. The Morgan fingerprint density at radius 3 is 1.72 bits per heavy atom. The minimum absolute atomic E-state index is 0.168. The van der Waals surface area contributed by atoms with Crippen LogP contribution in [0.25, 0.3) is 0 Å². The molecule has 0 aromatic carbocycles. The van der Waals surface area contributed by atoms with Gasteiger partial charge in [0.05, 0.1) is 6.61 Å². The Kier molecular flexibility index (Phi) is 8.24. The van der Waals surface area contributed by atoms with Crippen molar-refractivity contribution in [2.24, 2.45) is 4.76 Å². The zero-order valence-electron chi connectivity index (χ0n) is 12.1. The summed E-state index contributed by atoms with van der Waals surface area (Å²) >= 11 is 0. The van der Waals surface area contributed by atoms with Crippen molar-refractivity contribution in [1.29, 1.82) is 0 Å². The van der Waals surface area contributed by atoms with Gasteiger partial charge in [0.2, 0.25) is 5.96 Å². The van der Waals surface area contributed by atoms with Crippen LogP contribution in [0.2, 0.25) is 0 Å². The van der Waals surface area contributed by atoms with E-state index in [0.717, 1.165) is 26.2 Å². The summed E-state index contributed by atoms with van der Waals surface area (Å²) in [5.74, 6) is 0.532. The lowest BCUT2D eigenvalue weighted by Gasteiger charge is -2.32. The molecule has 18 heavy (non-hydrogen) atoms. The average Bonchev–Trinajstić information content (AvgIpc) is 2.31. The molecule has 0 heterocycles. The third-order valence-corrected chi connectivity index (χ3v) is 3.63. The molecule has 7 heteroatoms. The number of nitrogens with zero attached hydrogens (tertiary/aromatic N) is 3. The molecule has 0 radical (unpaired) electrons. The molecule has 0 amide bonds. The largest absolute Gasteiger partial charge is 0.454 e. The zero-order chi connectivity index (χ0) is 14.2. The monoisotopic (exact) mass is 279 g/mol. The summed E-state index contributed by atoms with van der Waals surface area (Å²) in [6, 6.07) is 0. The van der Waals surface area contributed by atoms with Crippen molar-refractivity contribution < 1.29 is 14.0 Å². The molecule has 0 saturated heterocycles. The van der Waals surface area contributed by atoms with Gasteiger partial charge in [-0.1, -0.05) is 0 Å². The topological polar surface area (TPSA) is 65.4 Å². The van der Waals surface area contributed by atoms with E-state index in [9.17, 15) is 9.46 Å². The van der Waals surface area contributed by atoms with Crippen LogP contribution < -0.4 is 0 Å². The van der Waals surface area contributed by atoms with E-state index in [2.05, 4.69) is 4.76 Å². The minimum atomic E-state index is -3.90. The maximum atomic E-state index is 11.8. The van der Waals surface area contributed by atoms with E-state index in [1.165, 1.54) is 0 Å². The first kappa shape index (κ1) is 17.4. The van der Waals surface area contributed by atoms with E-state index in [4.69, 9.17) is 4.52 Å². The molecule has 1 atom stereocenters. The molecule has 0 aliphatic rings. The Balaban J connectivity index is 5.31. The first-order chi connectivity index (χ1) is 8.45. The SMILES string of the molecule is CCOP(=O)(O)N=C(N(CC)CC)N(CC)CC. The van der Waals surface area contributed by atoms with Crippen LogP contribution in [-0.2, 0) is 9.09 Å². The third-order valence-electron chi connectivity index (χ3n) is 2.61. The van der Waals surface area contributed by atoms with Crippen LogP contribution in [0.1, 0.15) is 34.6 Å². The van der Waals surface area contributed by atoms with Crippen LogP contribution in [0.4, 0.5) is 0 Å². The predicted molar refractivity (Wildman–Crippen MR) is 74.7 cm³/mol. The van der Waals surface area contributed by atoms with Gasteiger partial charge in [-0.3, -0.25) is 4.52 Å². The van der Waals surface area contributed by atoms with Gasteiger partial charge < -0.3 is 14.7 Å². The van der Waals surface area contributed by atoms with Gasteiger partial charge in [-0.05, 0) is 34.6 Å². The van der Waals surface area contributed by atoms with Crippen LogP contribution >= 0.6 is 7.75 Å². The molecule has 0 fully saturated rings. The minimum Gasteiger partial charge on any atom is -0.343 e. The van der Waals surface area contributed by atoms with E-state index in [1.807, 2.05) is 37.5 Å². The highest BCUT2D eigenvalue weighted by molar-refractivity contribution is 7.51. The molecule has 1 unspecified atom stereocenters. The summed E-state index contributed by atoms with van der Waals surface area (Å²) in [5.41, 5.74) is 0. The summed E-state index contributed by atoms with van der Waals surface area (Å²) in [5, 5.41) is 0. The van der Waals surface area contributed by atoms with E-state index in [0.29, 0.717) is 5.96 Å². The molecule has 6 nitrogen and oxygen atoms in total. The van der Waals surface area contributed by atoms with Crippen molar-refractivity contribution in [2.45, 2.75) is 34.6 Å². The van der Waals surface area contributed by atoms with Gasteiger partial charge in [0.25, 0.3) is 0 Å². The first-order valence-corrected chi connectivity index (χ1v) is 8.06. The van der Waals surface area contributed by atoms with Gasteiger partial charge in [-0.15, -0.1) is 4.76 Å². The number of guanidine groups is 1. The van der Waals surface area contributed by atoms with Crippen LogP contribution in [-0.4, -0.2) is 53.4 Å². The summed E-state index contributed by atoms with van der Waals surface area (Å²) in [4.78, 5) is 13.6. The second kappa shape index (κ2) is 8.51. The summed E-state index contributed by atoms with van der Waals surface area (Å²) in [6.07, 6.45) is 0. The maximum absolute atomic E-state index is 11.8. The molecular weight excluding hydrogens is 253 g/mol. The third kappa shape index (κ3) is 5.38. The lowest BCUT2D eigenvalue weighted by Crippen LogP contribution is -2.44. The van der Waals surface area contributed by atoms with Crippen molar-refractivity contribution >= 4 is 13.7 Å². The molecular formula is C11H26N3O3P. The molecule has 0 aliphatic carbocycles. The fourth-order valence-corrected chi connectivity index (χ4v) is 2.52. The molecule has 0 aromatic rings. The molecule has 0 aromatic heterocycles. The van der Waals surface area contributed by atoms with Gasteiger partial charge >= 0.3 is 7.75 Å². The van der Waals surface area contributed by atoms with Crippen LogP contribution in [0.3, 0.4) is 0 Å².